The highest BCUT2D eigenvalue weighted by molar-refractivity contribution is 5.55. The first-order chi connectivity index (χ1) is 11.9. The summed E-state index contributed by atoms with van der Waals surface area (Å²) in [4.78, 5) is 2.66. The first-order valence-electron chi connectivity index (χ1n) is 8.83. The summed E-state index contributed by atoms with van der Waals surface area (Å²) in [7, 11) is 0. The van der Waals surface area contributed by atoms with Crippen molar-refractivity contribution in [1.82, 2.24) is 9.30 Å². The summed E-state index contributed by atoms with van der Waals surface area (Å²) in [6.07, 6.45) is 5.67. The largest absolute Gasteiger partial charge is 0.379 e. The SMILES string of the molecule is c1ccc([C@@H]2C[C@]2(c2cc3ccccn3c2)N2CCOCC2)cc1. The van der Waals surface area contributed by atoms with Gasteiger partial charge in [-0.1, -0.05) is 36.4 Å². The molecule has 1 saturated carbocycles. The molecule has 24 heavy (non-hydrogen) atoms. The van der Waals surface area contributed by atoms with Gasteiger partial charge in [-0.2, -0.15) is 0 Å². The van der Waals surface area contributed by atoms with Crippen molar-refractivity contribution in [3.63, 3.8) is 0 Å². The van der Waals surface area contributed by atoms with E-state index in [1.807, 2.05) is 0 Å². The molecule has 0 bridgehead atoms. The third-order valence-electron chi connectivity index (χ3n) is 5.71. The van der Waals surface area contributed by atoms with Crippen molar-refractivity contribution in [2.45, 2.75) is 17.9 Å². The van der Waals surface area contributed by atoms with Crippen LogP contribution in [0.3, 0.4) is 0 Å². The number of morpholine rings is 1. The van der Waals surface area contributed by atoms with Crippen LogP contribution in [0.5, 0.6) is 0 Å². The molecule has 2 fully saturated rings. The molecule has 3 heteroatoms. The Morgan fingerprint density at radius 3 is 2.54 bits per heavy atom. The van der Waals surface area contributed by atoms with Crippen LogP contribution in [0.4, 0.5) is 0 Å². The first-order valence-corrected chi connectivity index (χ1v) is 8.83. The molecule has 1 aromatic carbocycles. The molecule has 0 amide bonds. The van der Waals surface area contributed by atoms with E-state index in [9.17, 15) is 0 Å². The zero-order chi connectivity index (χ0) is 16.0. The van der Waals surface area contributed by atoms with E-state index in [-0.39, 0.29) is 5.54 Å². The fourth-order valence-corrected chi connectivity index (χ4v) is 4.44. The molecule has 5 rings (SSSR count). The highest BCUT2D eigenvalue weighted by atomic mass is 16.5. The third kappa shape index (κ3) is 2.12. The molecule has 1 saturated heterocycles. The van der Waals surface area contributed by atoms with Crippen LogP contribution in [0.25, 0.3) is 5.52 Å². The van der Waals surface area contributed by atoms with Gasteiger partial charge in [-0.15, -0.1) is 0 Å². The van der Waals surface area contributed by atoms with Crippen molar-refractivity contribution in [3.05, 3.63) is 78.1 Å². The molecule has 0 radical (unpaired) electrons. The van der Waals surface area contributed by atoms with Gasteiger partial charge in [-0.05, 0) is 35.7 Å². The van der Waals surface area contributed by atoms with Crippen LogP contribution in [0.1, 0.15) is 23.5 Å². The fourth-order valence-electron chi connectivity index (χ4n) is 4.44. The molecule has 2 aromatic heterocycles. The van der Waals surface area contributed by atoms with Crippen LogP contribution >= 0.6 is 0 Å². The van der Waals surface area contributed by atoms with E-state index in [4.69, 9.17) is 4.74 Å². The summed E-state index contributed by atoms with van der Waals surface area (Å²) < 4.78 is 7.86. The maximum atomic E-state index is 5.61. The van der Waals surface area contributed by atoms with Crippen molar-refractivity contribution in [2.24, 2.45) is 0 Å². The Kier molecular flexibility index (Phi) is 3.25. The number of hydrogen-bond donors (Lipinski definition) is 0. The zero-order valence-electron chi connectivity index (χ0n) is 13.8. The molecular formula is C21H22N2O. The van der Waals surface area contributed by atoms with E-state index in [1.54, 1.807) is 0 Å². The first kappa shape index (κ1) is 14.3. The predicted molar refractivity (Wildman–Crippen MR) is 95.3 cm³/mol. The molecule has 1 aliphatic heterocycles. The Morgan fingerprint density at radius 2 is 1.75 bits per heavy atom. The molecule has 1 aliphatic carbocycles. The lowest BCUT2D eigenvalue weighted by Crippen LogP contribution is -2.44. The Balaban J connectivity index is 1.60. The summed E-state index contributed by atoms with van der Waals surface area (Å²) in [5.74, 6) is 0.578. The van der Waals surface area contributed by atoms with Gasteiger partial charge in [-0.25, -0.2) is 0 Å². The second kappa shape index (κ2) is 5.47. The van der Waals surface area contributed by atoms with Crippen LogP contribution in [-0.4, -0.2) is 35.6 Å². The van der Waals surface area contributed by atoms with Gasteiger partial charge in [0, 0.05) is 36.9 Å². The Labute approximate surface area is 142 Å². The molecule has 2 atom stereocenters. The molecule has 122 valence electrons. The summed E-state index contributed by atoms with van der Waals surface area (Å²) in [5, 5.41) is 0. The summed E-state index contributed by atoms with van der Waals surface area (Å²) in [6.45, 7) is 3.73. The molecule has 3 heterocycles. The van der Waals surface area contributed by atoms with Gasteiger partial charge in [0.15, 0.2) is 0 Å². The monoisotopic (exact) mass is 318 g/mol. The summed E-state index contributed by atoms with van der Waals surface area (Å²) in [5.41, 5.74) is 4.32. The maximum absolute atomic E-state index is 5.61. The number of rotatable bonds is 3. The van der Waals surface area contributed by atoms with E-state index in [0.717, 1.165) is 26.3 Å². The smallest absolute Gasteiger partial charge is 0.0594 e. The van der Waals surface area contributed by atoms with Crippen molar-refractivity contribution in [2.75, 3.05) is 26.3 Å². The number of hydrogen-bond acceptors (Lipinski definition) is 2. The second-order valence-corrected chi connectivity index (χ2v) is 6.95. The molecule has 0 spiro atoms. The Bertz CT molecular complexity index is 817. The minimum atomic E-state index is 0.136. The van der Waals surface area contributed by atoms with Gasteiger partial charge in [0.1, 0.15) is 0 Å². The summed E-state index contributed by atoms with van der Waals surface area (Å²) in [6, 6.07) is 19.8. The number of benzene rings is 1. The van der Waals surface area contributed by atoms with Gasteiger partial charge in [0.25, 0.3) is 0 Å². The number of ether oxygens (including phenoxy) is 1. The van der Waals surface area contributed by atoms with Gasteiger partial charge < -0.3 is 9.14 Å². The highest BCUT2D eigenvalue weighted by Crippen LogP contribution is 2.62. The second-order valence-electron chi connectivity index (χ2n) is 6.95. The van der Waals surface area contributed by atoms with E-state index in [2.05, 4.69) is 76.3 Å². The Hall–Kier alpha value is -2.10. The van der Waals surface area contributed by atoms with Gasteiger partial charge in [-0.3, -0.25) is 4.90 Å². The van der Waals surface area contributed by atoms with Gasteiger partial charge in [0.05, 0.1) is 18.8 Å². The Morgan fingerprint density at radius 1 is 0.958 bits per heavy atom. The average molecular weight is 318 g/mol. The highest BCUT2D eigenvalue weighted by Gasteiger charge is 2.60. The third-order valence-corrected chi connectivity index (χ3v) is 5.71. The molecular weight excluding hydrogens is 296 g/mol. The fraction of sp³-hybridized carbons (Fsp3) is 0.333. The number of aromatic nitrogens is 1. The lowest BCUT2D eigenvalue weighted by atomic mass is 9.98. The van der Waals surface area contributed by atoms with Crippen molar-refractivity contribution in [1.29, 1.82) is 0 Å². The van der Waals surface area contributed by atoms with E-state index in [1.165, 1.54) is 23.1 Å². The van der Waals surface area contributed by atoms with E-state index >= 15 is 0 Å². The molecule has 0 unspecified atom stereocenters. The van der Waals surface area contributed by atoms with Gasteiger partial charge >= 0.3 is 0 Å². The van der Waals surface area contributed by atoms with Crippen molar-refractivity contribution >= 4 is 5.52 Å². The number of nitrogens with zero attached hydrogens (tertiary/aromatic N) is 2. The van der Waals surface area contributed by atoms with Crippen molar-refractivity contribution in [3.8, 4) is 0 Å². The molecule has 3 nitrogen and oxygen atoms in total. The predicted octanol–water partition coefficient (Wildman–Crippen LogP) is 3.65. The van der Waals surface area contributed by atoms with Crippen LogP contribution in [-0.2, 0) is 10.3 Å². The van der Waals surface area contributed by atoms with Crippen molar-refractivity contribution < 1.29 is 4.74 Å². The molecule has 3 aromatic rings. The molecule has 0 N–H and O–H groups in total. The van der Waals surface area contributed by atoms with E-state index in [0.29, 0.717) is 5.92 Å². The standard InChI is InChI=1S/C21H22N2O/c1-2-6-17(7-3-1)20-15-21(20,23-10-12-24-13-11-23)18-14-19-8-4-5-9-22(19)16-18/h1-9,14,16,20H,10-13,15H2/t20-,21+/m0/s1. The minimum Gasteiger partial charge on any atom is -0.379 e. The lowest BCUT2D eigenvalue weighted by Gasteiger charge is -2.36. The summed E-state index contributed by atoms with van der Waals surface area (Å²) >= 11 is 0. The van der Waals surface area contributed by atoms with Crippen LogP contribution in [0.15, 0.2) is 67.0 Å². The number of pyridine rings is 1. The quantitative estimate of drug-likeness (QED) is 0.733. The van der Waals surface area contributed by atoms with Crippen LogP contribution in [0, 0.1) is 0 Å². The average Bonchev–Trinajstić information content (AvgIpc) is 3.27. The molecule has 2 aliphatic rings. The van der Waals surface area contributed by atoms with Gasteiger partial charge in [0.2, 0.25) is 0 Å². The van der Waals surface area contributed by atoms with Crippen LogP contribution < -0.4 is 0 Å². The maximum Gasteiger partial charge on any atom is 0.0594 e. The zero-order valence-corrected chi connectivity index (χ0v) is 13.8. The van der Waals surface area contributed by atoms with Crippen LogP contribution in [0.2, 0.25) is 0 Å². The number of fused-ring (bicyclic) bond motifs is 1. The van der Waals surface area contributed by atoms with E-state index < -0.39 is 0 Å². The normalized spacial score (nSPS) is 27.4. The topological polar surface area (TPSA) is 16.9 Å². The minimum absolute atomic E-state index is 0.136. The lowest BCUT2D eigenvalue weighted by molar-refractivity contribution is 0.00667.